The highest BCUT2D eigenvalue weighted by Crippen LogP contribution is 2.17. The second kappa shape index (κ2) is 7.84. The quantitative estimate of drug-likeness (QED) is 0.752. The first-order valence-corrected chi connectivity index (χ1v) is 7.28. The first-order valence-electron chi connectivity index (χ1n) is 6.13. The standard InChI is InChI=1S/C14H19NO3S/c1-10-5-3-4-6-12(10)9-19-8-7-13(14(17)18)15-11(2)16/h3-6,13H,7-9H2,1-2H3,(H,15,16)(H,17,18). The molecule has 0 fully saturated rings. The molecule has 2 N–H and O–H groups in total. The van der Waals surface area contributed by atoms with Crippen LogP contribution < -0.4 is 5.32 Å². The number of carbonyl (C=O) groups excluding carboxylic acids is 1. The van der Waals surface area contributed by atoms with Gasteiger partial charge in [0.15, 0.2) is 0 Å². The minimum atomic E-state index is -0.980. The Kier molecular flexibility index (Phi) is 6.42. The van der Waals surface area contributed by atoms with Gasteiger partial charge in [0.05, 0.1) is 0 Å². The molecule has 0 aliphatic rings. The number of carboxylic acids is 1. The van der Waals surface area contributed by atoms with Crippen LogP contribution in [0.2, 0.25) is 0 Å². The molecule has 19 heavy (non-hydrogen) atoms. The van der Waals surface area contributed by atoms with Crippen molar-refractivity contribution >= 4 is 23.6 Å². The van der Waals surface area contributed by atoms with Crippen LogP contribution in [0.3, 0.4) is 0 Å². The van der Waals surface area contributed by atoms with Gasteiger partial charge in [-0.25, -0.2) is 4.79 Å². The van der Waals surface area contributed by atoms with Crippen LogP contribution >= 0.6 is 11.8 Å². The van der Waals surface area contributed by atoms with E-state index >= 15 is 0 Å². The second-order valence-electron chi connectivity index (χ2n) is 4.36. The van der Waals surface area contributed by atoms with Crippen LogP contribution in [0, 0.1) is 6.92 Å². The van der Waals surface area contributed by atoms with Gasteiger partial charge in [-0.05, 0) is 30.2 Å². The third-order valence-corrected chi connectivity index (χ3v) is 3.78. The van der Waals surface area contributed by atoms with E-state index in [2.05, 4.69) is 24.4 Å². The number of benzene rings is 1. The normalized spacial score (nSPS) is 11.9. The average molecular weight is 281 g/mol. The maximum Gasteiger partial charge on any atom is 0.326 e. The fourth-order valence-electron chi connectivity index (χ4n) is 1.66. The monoisotopic (exact) mass is 281 g/mol. The molecule has 0 aromatic heterocycles. The topological polar surface area (TPSA) is 66.4 Å². The van der Waals surface area contributed by atoms with E-state index in [4.69, 9.17) is 5.11 Å². The first kappa shape index (κ1) is 15.6. The van der Waals surface area contributed by atoms with Crippen LogP contribution in [0.15, 0.2) is 24.3 Å². The maximum absolute atomic E-state index is 10.9. The Labute approximate surface area is 117 Å². The SMILES string of the molecule is CC(=O)NC(CCSCc1ccccc1C)C(=O)O. The van der Waals surface area contributed by atoms with Crippen molar-refractivity contribution in [2.24, 2.45) is 0 Å². The lowest BCUT2D eigenvalue weighted by atomic mass is 10.1. The zero-order valence-corrected chi connectivity index (χ0v) is 12.0. The largest absolute Gasteiger partial charge is 0.480 e. The molecule has 0 saturated heterocycles. The molecular formula is C14H19NO3S. The zero-order valence-electron chi connectivity index (χ0n) is 11.2. The highest BCUT2D eigenvalue weighted by molar-refractivity contribution is 7.98. The van der Waals surface area contributed by atoms with E-state index in [0.29, 0.717) is 12.2 Å². The molecule has 104 valence electrons. The predicted molar refractivity (Wildman–Crippen MR) is 77.2 cm³/mol. The molecule has 1 atom stereocenters. The van der Waals surface area contributed by atoms with Gasteiger partial charge >= 0.3 is 5.97 Å². The van der Waals surface area contributed by atoms with E-state index in [1.54, 1.807) is 11.8 Å². The van der Waals surface area contributed by atoms with Gasteiger partial charge in [-0.1, -0.05) is 24.3 Å². The molecule has 5 heteroatoms. The Balaban J connectivity index is 2.35. The summed E-state index contributed by atoms with van der Waals surface area (Å²) in [6.07, 6.45) is 0.436. The number of aliphatic carboxylic acids is 1. The summed E-state index contributed by atoms with van der Waals surface area (Å²) >= 11 is 1.68. The minimum Gasteiger partial charge on any atom is -0.480 e. The molecule has 1 aromatic rings. The minimum absolute atomic E-state index is 0.309. The number of thioether (sulfide) groups is 1. The van der Waals surface area contributed by atoms with Gasteiger partial charge in [0.25, 0.3) is 0 Å². The molecule has 0 bridgehead atoms. The van der Waals surface area contributed by atoms with Gasteiger partial charge in [0, 0.05) is 12.7 Å². The number of aryl methyl sites for hydroxylation is 1. The Bertz CT molecular complexity index is 448. The molecule has 0 heterocycles. The molecule has 1 rings (SSSR count). The summed E-state index contributed by atoms with van der Waals surface area (Å²) in [5.74, 6) is 0.271. The summed E-state index contributed by atoms with van der Waals surface area (Å²) in [5.41, 5.74) is 2.51. The summed E-state index contributed by atoms with van der Waals surface area (Å²) in [5, 5.41) is 11.4. The number of nitrogens with one attached hydrogen (secondary N) is 1. The number of rotatable bonds is 7. The van der Waals surface area contributed by atoms with Crippen LogP contribution in [0.25, 0.3) is 0 Å². The molecule has 0 spiro atoms. The summed E-state index contributed by atoms with van der Waals surface area (Å²) in [6, 6.07) is 7.35. The van der Waals surface area contributed by atoms with Crippen LogP contribution in [0.4, 0.5) is 0 Å². The van der Waals surface area contributed by atoms with E-state index in [9.17, 15) is 9.59 Å². The van der Waals surface area contributed by atoms with Crippen molar-refractivity contribution < 1.29 is 14.7 Å². The lowest BCUT2D eigenvalue weighted by molar-refractivity contribution is -0.141. The summed E-state index contributed by atoms with van der Waals surface area (Å²) < 4.78 is 0. The lowest BCUT2D eigenvalue weighted by Crippen LogP contribution is -2.39. The van der Waals surface area contributed by atoms with Gasteiger partial charge in [-0.15, -0.1) is 0 Å². The molecule has 1 amide bonds. The second-order valence-corrected chi connectivity index (χ2v) is 5.46. The number of hydrogen-bond donors (Lipinski definition) is 2. The molecule has 0 saturated carbocycles. The van der Waals surface area contributed by atoms with E-state index in [-0.39, 0.29) is 5.91 Å². The number of hydrogen-bond acceptors (Lipinski definition) is 3. The summed E-state index contributed by atoms with van der Waals surface area (Å²) in [6.45, 7) is 3.39. The Morgan fingerprint density at radius 1 is 1.37 bits per heavy atom. The number of carbonyl (C=O) groups is 2. The van der Waals surface area contributed by atoms with Gasteiger partial charge in [0.2, 0.25) is 5.91 Å². The summed E-state index contributed by atoms with van der Waals surface area (Å²) in [7, 11) is 0. The maximum atomic E-state index is 10.9. The number of amides is 1. The lowest BCUT2D eigenvalue weighted by Gasteiger charge is -2.13. The number of carboxylic acid groups (broad SMARTS) is 1. The van der Waals surface area contributed by atoms with Gasteiger partial charge in [0.1, 0.15) is 6.04 Å². The smallest absolute Gasteiger partial charge is 0.326 e. The molecule has 0 radical (unpaired) electrons. The van der Waals surface area contributed by atoms with Crippen LogP contribution in [0.1, 0.15) is 24.5 Å². The van der Waals surface area contributed by atoms with Crippen molar-refractivity contribution in [3.8, 4) is 0 Å². The highest BCUT2D eigenvalue weighted by atomic mass is 32.2. The molecule has 0 aliphatic carbocycles. The van der Waals surface area contributed by atoms with E-state index in [1.807, 2.05) is 12.1 Å². The summed E-state index contributed by atoms with van der Waals surface area (Å²) in [4.78, 5) is 21.8. The predicted octanol–water partition coefficient (Wildman–Crippen LogP) is 2.21. The molecule has 1 unspecified atom stereocenters. The molecule has 4 nitrogen and oxygen atoms in total. The third-order valence-electron chi connectivity index (χ3n) is 2.75. The van der Waals surface area contributed by atoms with Crippen molar-refractivity contribution in [1.29, 1.82) is 0 Å². The average Bonchev–Trinajstić information content (AvgIpc) is 2.34. The third kappa shape index (κ3) is 5.79. The first-order chi connectivity index (χ1) is 9.00. The molecular weight excluding hydrogens is 262 g/mol. The molecule has 1 aromatic carbocycles. The fraction of sp³-hybridized carbons (Fsp3) is 0.429. The highest BCUT2D eigenvalue weighted by Gasteiger charge is 2.17. The van der Waals surface area contributed by atoms with Crippen molar-refractivity contribution in [3.05, 3.63) is 35.4 Å². The van der Waals surface area contributed by atoms with E-state index < -0.39 is 12.0 Å². The van der Waals surface area contributed by atoms with Gasteiger partial charge in [-0.2, -0.15) is 11.8 Å². The van der Waals surface area contributed by atoms with Crippen molar-refractivity contribution in [1.82, 2.24) is 5.32 Å². The van der Waals surface area contributed by atoms with Crippen LogP contribution in [0.5, 0.6) is 0 Å². The Hall–Kier alpha value is -1.49. The Morgan fingerprint density at radius 2 is 2.05 bits per heavy atom. The van der Waals surface area contributed by atoms with Gasteiger partial charge in [-0.3, -0.25) is 4.79 Å². The van der Waals surface area contributed by atoms with Crippen LogP contribution in [-0.2, 0) is 15.3 Å². The van der Waals surface area contributed by atoms with Crippen molar-refractivity contribution in [2.45, 2.75) is 32.1 Å². The molecule has 0 aliphatic heterocycles. The van der Waals surface area contributed by atoms with Gasteiger partial charge < -0.3 is 10.4 Å². The van der Waals surface area contributed by atoms with Crippen molar-refractivity contribution in [3.63, 3.8) is 0 Å². The fourth-order valence-corrected chi connectivity index (χ4v) is 2.75. The van der Waals surface area contributed by atoms with E-state index in [1.165, 1.54) is 18.1 Å². The zero-order chi connectivity index (χ0) is 14.3. The van der Waals surface area contributed by atoms with Crippen molar-refractivity contribution in [2.75, 3.05) is 5.75 Å². The van der Waals surface area contributed by atoms with E-state index in [0.717, 1.165) is 5.75 Å². The van der Waals surface area contributed by atoms with Crippen LogP contribution in [-0.4, -0.2) is 28.8 Å². The Morgan fingerprint density at radius 3 is 2.63 bits per heavy atom.